The Kier molecular flexibility index (Phi) is 12.0. The summed E-state index contributed by atoms with van der Waals surface area (Å²) in [6, 6.07) is 10.8. The molecule has 0 unspecified atom stereocenters. The third-order valence-electron chi connectivity index (χ3n) is 2.86. The molecule has 0 nitrogen and oxygen atoms in total. The predicted octanol–water partition coefficient (Wildman–Crippen LogP) is 4.18. The summed E-state index contributed by atoms with van der Waals surface area (Å²) in [5.74, 6) is 0. The molecule has 0 heterocycles. The number of allylic oxidation sites excluding steroid dienone is 4. The van der Waals surface area contributed by atoms with Crippen molar-refractivity contribution in [2.45, 2.75) is 19.5 Å². The van der Waals surface area contributed by atoms with Crippen LogP contribution in [0.25, 0.3) is 0 Å². The Morgan fingerprint density at radius 2 is 1.56 bits per heavy atom. The second kappa shape index (κ2) is 9.52. The van der Waals surface area contributed by atoms with Crippen molar-refractivity contribution in [1.29, 1.82) is 0 Å². The second-order valence-electron chi connectivity index (χ2n) is 4.19. The third-order valence-corrected chi connectivity index (χ3v) is 6.33. The maximum atomic E-state index is 3.46. The summed E-state index contributed by atoms with van der Waals surface area (Å²) in [6.07, 6.45) is 8.91. The van der Waals surface area contributed by atoms with Gasteiger partial charge in [-0.1, -0.05) is 48.6 Å². The van der Waals surface area contributed by atoms with E-state index in [1.165, 1.54) is 10.4 Å². The average Bonchev–Trinajstić information content (AvgIpc) is 2.72. The summed E-state index contributed by atoms with van der Waals surface area (Å²) in [6.45, 7) is 4.78. The van der Waals surface area contributed by atoms with Crippen LogP contribution in [0, 0.1) is 28.4 Å². The van der Waals surface area contributed by atoms with Crippen molar-refractivity contribution >= 4 is 13.3 Å². The summed E-state index contributed by atoms with van der Waals surface area (Å²) in [5, 5.41) is 2.94. The van der Waals surface area contributed by atoms with E-state index < -0.39 is 8.07 Å². The Balaban J connectivity index is -0.000000562. The molecule has 102 valence electrons. The molecule has 0 saturated heterocycles. The predicted molar refractivity (Wildman–Crippen MR) is 83.3 cm³/mol. The van der Waals surface area contributed by atoms with Crippen LogP contribution in [-0.2, 0) is 21.1 Å². The molecule has 0 bridgehead atoms. The zero-order valence-corrected chi connectivity index (χ0v) is 15.3. The summed E-state index contributed by atoms with van der Waals surface area (Å²) in [7, 11) is -1.43. The molecule has 18 heavy (non-hydrogen) atoms. The number of rotatable bonds is 2. The van der Waals surface area contributed by atoms with Gasteiger partial charge < -0.3 is 22.3 Å². The van der Waals surface area contributed by atoms with Crippen molar-refractivity contribution in [3.63, 3.8) is 0 Å². The van der Waals surface area contributed by atoms with Gasteiger partial charge >= 0.3 is 21.1 Å². The van der Waals surface area contributed by atoms with Crippen LogP contribution >= 0.6 is 0 Å². The van der Waals surface area contributed by atoms with Crippen LogP contribution in [0.2, 0.25) is 13.1 Å². The molecule has 0 aromatic heterocycles. The minimum atomic E-state index is -1.43. The van der Waals surface area contributed by atoms with Crippen LogP contribution in [0.3, 0.4) is 0 Å². The van der Waals surface area contributed by atoms with Crippen LogP contribution in [-0.4, -0.2) is 8.07 Å². The Morgan fingerprint density at radius 3 is 2.00 bits per heavy atom. The molecule has 0 aliphatic heterocycles. The van der Waals surface area contributed by atoms with Crippen molar-refractivity contribution in [1.82, 2.24) is 0 Å². The molecule has 0 spiro atoms. The first-order valence-corrected chi connectivity index (χ1v) is 8.04. The van der Waals surface area contributed by atoms with E-state index in [1.807, 2.05) is 0 Å². The van der Waals surface area contributed by atoms with E-state index in [2.05, 4.69) is 61.7 Å². The van der Waals surface area contributed by atoms with Crippen molar-refractivity contribution in [3.05, 3.63) is 76.0 Å². The molecule has 0 amide bonds. The molecule has 0 fully saturated rings. The number of hydrogen-bond acceptors (Lipinski definition) is 0. The molecule has 0 radical (unpaired) electrons. The minimum Gasteiger partial charge on any atom is -0.358 e. The van der Waals surface area contributed by atoms with Gasteiger partial charge in [0.2, 0.25) is 0 Å². The van der Waals surface area contributed by atoms with Gasteiger partial charge in [0, 0.05) is 0 Å². The van der Waals surface area contributed by atoms with Crippen molar-refractivity contribution in [2.24, 2.45) is 0 Å². The molecule has 2 rings (SSSR count). The normalized spacial score (nSPS) is 12.2. The maximum absolute atomic E-state index is 3.46. The van der Waals surface area contributed by atoms with Gasteiger partial charge in [-0.25, -0.2) is 11.3 Å². The molecule has 1 aromatic carbocycles. The van der Waals surface area contributed by atoms with E-state index in [0.717, 1.165) is 6.42 Å². The van der Waals surface area contributed by atoms with E-state index in [1.54, 1.807) is 0 Å². The number of benzene rings is 1. The Bertz CT molecular complexity index is 377. The fourth-order valence-electron chi connectivity index (χ4n) is 1.84. The van der Waals surface area contributed by atoms with Gasteiger partial charge in [-0.05, 0) is 0 Å². The van der Waals surface area contributed by atoms with Crippen LogP contribution in [0.15, 0.2) is 47.7 Å². The molecule has 1 aliphatic rings. The first-order chi connectivity index (χ1) is 6.71. The van der Waals surface area contributed by atoms with Crippen molar-refractivity contribution in [3.8, 4) is 0 Å². The number of hydrogen-bond donors (Lipinski definition) is 0. The van der Waals surface area contributed by atoms with Gasteiger partial charge in [0.1, 0.15) is 0 Å². The van der Waals surface area contributed by atoms with E-state index in [-0.39, 0.29) is 43.3 Å². The van der Waals surface area contributed by atoms with Gasteiger partial charge in [0.15, 0.2) is 0 Å². The molecular formula is C16H24PtSi. The fourth-order valence-corrected chi connectivity index (χ4v) is 4.26. The maximum Gasteiger partial charge on any atom is 4.00 e. The standard InChI is InChI=1S/C13H15Si.3CH3.Pt/c1-14(2,13-10-6-7-11-13)12-8-4-3-5-9-12;;;;/h3-6,8-10H,7H2,1-2H3;3*1H3;/q4*-1;+4. The van der Waals surface area contributed by atoms with Crippen LogP contribution in [0.5, 0.6) is 0 Å². The molecule has 2 heteroatoms. The summed E-state index contributed by atoms with van der Waals surface area (Å²) in [4.78, 5) is 0. The first-order valence-electron chi connectivity index (χ1n) is 5.04. The summed E-state index contributed by atoms with van der Waals surface area (Å²) in [5.41, 5.74) is 0. The van der Waals surface area contributed by atoms with Gasteiger partial charge in [-0.3, -0.25) is 6.08 Å². The summed E-state index contributed by atoms with van der Waals surface area (Å²) < 4.78 is 0. The first kappa shape index (κ1) is 22.8. The molecule has 1 aliphatic carbocycles. The molecule has 0 saturated carbocycles. The van der Waals surface area contributed by atoms with E-state index in [9.17, 15) is 0 Å². The van der Waals surface area contributed by atoms with E-state index in [4.69, 9.17) is 0 Å². The quantitative estimate of drug-likeness (QED) is 0.479. The minimum absolute atomic E-state index is 0. The van der Waals surface area contributed by atoms with Gasteiger partial charge in [-0.2, -0.15) is 6.08 Å². The van der Waals surface area contributed by atoms with E-state index in [0.29, 0.717) is 0 Å². The van der Waals surface area contributed by atoms with Crippen molar-refractivity contribution < 1.29 is 21.1 Å². The van der Waals surface area contributed by atoms with Crippen LogP contribution in [0.4, 0.5) is 0 Å². The van der Waals surface area contributed by atoms with Crippen LogP contribution in [0.1, 0.15) is 6.42 Å². The Labute approximate surface area is 129 Å². The fraction of sp³-hybridized carbons (Fsp3) is 0.188. The van der Waals surface area contributed by atoms with Gasteiger partial charge in [0.05, 0.1) is 8.07 Å². The smallest absolute Gasteiger partial charge is 0.358 e. The zero-order valence-electron chi connectivity index (χ0n) is 12.1. The second-order valence-corrected chi connectivity index (χ2v) is 8.55. The SMILES string of the molecule is C[Si](C)(C1=[C-]CC=C1)c1ccccc1.[CH3-].[CH3-].[CH3-].[Pt+4]. The Morgan fingerprint density at radius 1 is 1.00 bits per heavy atom. The Hall–Kier alpha value is -0.395. The van der Waals surface area contributed by atoms with Crippen LogP contribution < -0.4 is 5.19 Å². The largest absolute Gasteiger partial charge is 4.00 e. The molecule has 0 atom stereocenters. The van der Waals surface area contributed by atoms with E-state index >= 15 is 0 Å². The molecule has 1 aromatic rings. The third kappa shape index (κ3) is 4.70. The topological polar surface area (TPSA) is 0 Å². The van der Waals surface area contributed by atoms with Gasteiger partial charge in [0.25, 0.3) is 0 Å². The molecule has 0 N–H and O–H groups in total. The van der Waals surface area contributed by atoms with Gasteiger partial charge in [-0.15, -0.1) is 6.42 Å². The zero-order chi connectivity index (χ0) is 10.0. The summed E-state index contributed by atoms with van der Waals surface area (Å²) >= 11 is 0. The monoisotopic (exact) mass is 439 g/mol. The average molecular weight is 440 g/mol. The molecular weight excluding hydrogens is 415 g/mol. The van der Waals surface area contributed by atoms with Crippen molar-refractivity contribution in [2.75, 3.05) is 0 Å².